The zero-order valence-electron chi connectivity index (χ0n) is 20.4. The molecule has 2 aromatic carbocycles. The summed E-state index contributed by atoms with van der Waals surface area (Å²) in [6.45, 7) is 7.03. The summed E-state index contributed by atoms with van der Waals surface area (Å²) < 4.78 is 5.49. The molecule has 2 aromatic rings. The van der Waals surface area contributed by atoms with E-state index < -0.39 is 5.91 Å². The van der Waals surface area contributed by atoms with Crippen molar-refractivity contribution in [2.75, 3.05) is 49.6 Å². The SMILES string of the molecule is CC(=Nc1cccc(Cl)c1)C(=CN)C(=O)Nc1ccc(N2CCN(C3CCOCC3)CC2)c(C#N)c1. The Morgan fingerprint density at radius 3 is 2.61 bits per heavy atom. The van der Waals surface area contributed by atoms with Crippen LogP contribution in [0.1, 0.15) is 25.3 Å². The van der Waals surface area contributed by atoms with E-state index in [1.54, 1.807) is 37.3 Å². The van der Waals surface area contributed by atoms with Crippen molar-refractivity contribution in [3.63, 3.8) is 0 Å². The molecule has 1 amide bonds. The van der Waals surface area contributed by atoms with Crippen LogP contribution in [0.25, 0.3) is 0 Å². The molecule has 0 aliphatic carbocycles. The normalized spacial score (nSPS) is 18.1. The Kier molecular flexibility index (Phi) is 8.60. The molecule has 0 radical (unpaired) electrons. The van der Waals surface area contributed by atoms with Crippen LogP contribution in [0.3, 0.4) is 0 Å². The first-order valence-electron chi connectivity index (χ1n) is 12.1. The molecule has 0 aromatic heterocycles. The molecular formula is C27H31ClN6O2. The number of hydrogen-bond acceptors (Lipinski definition) is 7. The van der Waals surface area contributed by atoms with E-state index in [-0.39, 0.29) is 5.57 Å². The summed E-state index contributed by atoms with van der Waals surface area (Å²) in [5.74, 6) is -0.400. The van der Waals surface area contributed by atoms with E-state index in [1.807, 2.05) is 12.1 Å². The molecule has 2 aliphatic heterocycles. The summed E-state index contributed by atoms with van der Waals surface area (Å²) in [5, 5.41) is 13.2. The first-order chi connectivity index (χ1) is 17.5. The number of nitrogens with one attached hydrogen (secondary N) is 1. The molecule has 36 heavy (non-hydrogen) atoms. The van der Waals surface area contributed by atoms with Crippen LogP contribution in [0, 0.1) is 11.3 Å². The number of hydrogen-bond donors (Lipinski definition) is 2. The number of piperazine rings is 1. The summed E-state index contributed by atoms with van der Waals surface area (Å²) in [4.78, 5) is 22.2. The highest BCUT2D eigenvalue weighted by Crippen LogP contribution is 2.27. The Balaban J connectivity index is 1.42. The number of amides is 1. The molecular weight excluding hydrogens is 476 g/mol. The van der Waals surface area contributed by atoms with E-state index in [4.69, 9.17) is 22.1 Å². The van der Waals surface area contributed by atoms with Gasteiger partial charge < -0.3 is 20.7 Å². The quantitative estimate of drug-likeness (QED) is 0.451. The van der Waals surface area contributed by atoms with Gasteiger partial charge in [0.1, 0.15) is 6.07 Å². The highest BCUT2D eigenvalue weighted by atomic mass is 35.5. The number of anilines is 2. The highest BCUT2D eigenvalue weighted by molar-refractivity contribution is 6.31. The van der Waals surface area contributed by atoms with Gasteiger partial charge in [-0.15, -0.1) is 0 Å². The summed E-state index contributed by atoms with van der Waals surface area (Å²) in [6, 6.07) is 15.3. The number of nitrogens with zero attached hydrogens (tertiary/aromatic N) is 4. The number of aliphatic imine (C=N–C) groups is 1. The summed E-state index contributed by atoms with van der Waals surface area (Å²) >= 11 is 6.03. The lowest BCUT2D eigenvalue weighted by atomic mass is 10.1. The Labute approximate surface area is 217 Å². The maximum absolute atomic E-state index is 12.9. The number of rotatable bonds is 6. The molecule has 2 fully saturated rings. The van der Waals surface area contributed by atoms with Gasteiger partial charge >= 0.3 is 0 Å². The van der Waals surface area contributed by atoms with Crippen molar-refractivity contribution < 1.29 is 9.53 Å². The van der Waals surface area contributed by atoms with Gasteiger partial charge in [-0.1, -0.05) is 17.7 Å². The van der Waals surface area contributed by atoms with Crippen LogP contribution in [0.4, 0.5) is 17.1 Å². The third kappa shape index (κ3) is 6.24. The maximum Gasteiger partial charge on any atom is 0.258 e. The molecule has 9 heteroatoms. The molecule has 0 saturated carbocycles. The lowest BCUT2D eigenvalue weighted by Gasteiger charge is -2.41. The van der Waals surface area contributed by atoms with Gasteiger partial charge in [-0.3, -0.25) is 14.7 Å². The van der Waals surface area contributed by atoms with Crippen molar-refractivity contribution in [3.8, 4) is 6.07 Å². The third-order valence-electron chi connectivity index (χ3n) is 6.64. The fourth-order valence-electron chi connectivity index (χ4n) is 4.72. The van der Waals surface area contributed by atoms with Crippen LogP contribution in [0.15, 0.2) is 59.2 Å². The topological polar surface area (TPSA) is 107 Å². The second-order valence-electron chi connectivity index (χ2n) is 8.92. The van der Waals surface area contributed by atoms with Gasteiger partial charge in [-0.25, -0.2) is 0 Å². The maximum atomic E-state index is 12.9. The van der Waals surface area contributed by atoms with Gasteiger partial charge in [0.05, 0.1) is 28.2 Å². The largest absolute Gasteiger partial charge is 0.404 e. The number of benzene rings is 2. The minimum Gasteiger partial charge on any atom is -0.404 e. The zero-order valence-corrected chi connectivity index (χ0v) is 21.2. The van der Waals surface area contributed by atoms with Gasteiger partial charge in [-0.2, -0.15) is 5.26 Å². The smallest absolute Gasteiger partial charge is 0.258 e. The Hall–Kier alpha value is -3.38. The number of halogens is 1. The molecule has 0 bridgehead atoms. The van der Waals surface area contributed by atoms with Gasteiger partial charge in [0.15, 0.2) is 0 Å². The number of carbonyl (C=O) groups is 1. The summed E-state index contributed by atoms with van der Waals surface area (Å²) in [5.41, 5.74) is 9.00. The minimum absolute atomic E-state index is 0.238. The van der Waals surface area contributed by atoms with Crippen LogP contribution < -0.4 is 16.0 Å². The Bertz CT molecular complexity index is 1190. The van der Waals surface area contributed by atoms with Crippen LogP contribution in [0.2, 0.25) is 5.02 Å². The van der Waals surface area contributed by atoms with E-state index >= 15 is 0 Å². The van der Waals surface area contributed by atoms with Crippen LogP contribution in [0.5, 0.6) is 0 Å². The van der Waals surface area contributed by atoms with Crippen molar-refractivity contribution in [2.45, 2.75) is 25.8 Å². The summed E-state index contributed by atoms with van der Waals surface area (Å²) in [7, 11) is 0. The molecule has 4 rings (SSSR count). The molecule has 0 atom stereocenters. The predicted molar refractivity (Wildman–Crippen MR) is 144 cm³/mol. The number of nitriles is 1. The second kappa shape index (κ2) is 12.0. The molecule has 2 aliphatic rings. The first-order valence-corrected chi connectivity index (χ1v) is 12.5. The molecule has 8 nitrogen and oxygen atoms in total. The molecule has 0 unspecified atom stereocenters. The lowest BCUT2D eigenvalue weighted by Crippen LogP contribution is -2.51. The minimum atomic E-state index is -0.400. The van der Waals surface area contributed by atoms with Crippen LogP contribution >= 0.6 is 11.6 Å². The molecule has 3 N–H and O–H groups in total. The average Bonchev–Trinajstić information content (AvgIpc) is 2.89. The number of carbonyl (C=O) groups excluding carboxylic acids is 1. The van der Waals surface area contributed by atoms with Gasteiger partial charge in [-0.05, 0) is 56.2 Å². The summed E-state index contributed by atoms with van der Waals surface area (Å²) in [6.07, 6.45) is 3.40. The average molecular weight is 507 g/mol. The fraction of sp³-hybridized carbons (Fsp3) is 0.370. The van der Waals surface area contributed by atoms with Crippen molar-refractivity contribution in [2.24, 2.45) is 10.7 Å². The molecule has 0 spiro atoms. The van der Waals surface area contributed by atoms with Crippen LogP contribution in [-0.4, -0.2) is 62.0 Å². The van der Waals surface area contributed by atoms with Crippen LogP contribution in [-0.2, 0) is 9.53 Å². The van der Waals surface area contributed by atoms with Gasteiger partial charge in [0, 0.05) is 62.3 Å². The van der Waals surface area contributed by atoms with E-state index in [2.05, 4.69) is 26.2 Å². The van der Waals surface area contributed by atoms with Gasteiger partial charge in [0.2, 0.25) is 0 Å². The molecule has 2 saturated heterocycles. The van der Waals surface area contributed by atoms with Crippen molar-refractivity contribution in [3.05, 3.63) is 64.8 Å². The third-order valence-corrected chi connectivity index (χ3v) is 6.88. The Morgan fingerprint density at radius 1 is 1.19 bits per heavy atom. The first kappa shape index (κ1) is 25.7. The monoisotopic (exact) mass is 506 g/mol. The van der Waals surface area contributed by atoms with Crippen molar-refractivity contribution in [1.82, 2.24) is 4.90 Å². The number of nitrogens with two attached hydrogens (primary N) is 1. The highest BCUT2D eigenvalue weighted by Gasteiger charge is 2.26. The van der Waals surface area contributed by atoms with Gasteiger partial charge in [0.25, 0.3) is 5.91 Å². The zero-order chi connectivity index (χ0) is 25.5. The van der Waals surface area contributed by atoms with Crippen molar-refractivity contribution >= 4 is 40.3 Å². The predicted octanol–water partition coefficient (Wildman–Crippen LogP) is 4.09. The van der Waals surface area contributed by atoms with E-state index in [1.165, 1.54) is 6.20 Å². The standard InChI is InChI=1S/C27H31ClN6O2/c1-19(31-22-4-2-3-21(28)16-22)25(18-30)27(35)32-23-5-6-26(20(15-23)17-29)34-11-9-33(10-12-34)24-7-13-36-14-8-24/h2-6,15-16,18,24H,7-14,30H2,1H3,(H,32,35). The lowest BCUT2D eigenvalue weighted by molar-refractivity contribution is -0.112. The van der Waals surface area contributed by atoms with E-state index in [0.717, 1.165) is 57.9 Å². The van der Waals surface area contributed by atoms with E-state index in [0.29, 0.717) is 33.7 Å². The van der Waals surface area contributed by atoms with E-state index in [9.17, 15) is 10.1 Å². The Morgan fingerprint density at radius 2 is 1.94 bits per heavy atom. The molecule has 188 valence electrons. The molecule has 2 heterocycles. The fourth-order valence-corrected chi connectivity index (χ4v) is 4.90. The number of ether oxygens (including phenoxy) is 1. The van der Waals surface area contributed by atoms with Crippen molar-refractivity contribution in [1.29, 1.82) is 5.26 Å². The second-order valence-corrected chi connectivity index (χ2v) is 9.36.